The van der Waals surface area contributed by atoms with Crippen molar-refractivity contribution in [2.75, 3.05) is 6.61 Å². The third-order valence-corrected chi connectivity index (χ3v) is 3.69. The molecule has 18 heavy (non-hydrogen) atoms. The molecule has 6 heteroatoms. The molecule has 100 valence electrons. The van der Waals surface area contributed by atoms with Crippen molar-refractivity contribution in [2.24, 2.45) is 5.73 Å². The first-order valence-corrected chi connectivity index (χ1v) is 6.63. The number of ether oxygens (including phenoxy) is 1. The van der Waals surface area contributed by atoms with Crippen LogP contribution in [0.5, 0.6) is 5.88 Å². The largest absolute Gasteiger partial charge is 0.474 e. The van der Waals surface area contributed by atoms with Gasteiger partial charge in [-0.2, -0.15) is 0 Å². The van der Waals surface area contributed by atoms with E-state index in [0.717, 1.165) is 25.7 Å². The van der Waals surface area contributed by atoms with Crippen LogP contribution in [0, 0.1) is 0 Å². The zero-order valence-corrected chi connectivity index (χ0v) is 11.0. The topological polar surface area (TPSA) is 81.0 Å². The quantitative estimate of drug-likeness (QED) is 0.822. The summed E-state index contributed by atoms with van der Waals surface area (Å²) in [5.41, 5.74) is 5.59. The van der Waals surface area contributed by atoms with Crippen molar-refractivity contribution >= 4 is 11.6 Å². The van der Waals surface area contributed by atoms with Crippen LogP contribution in [0.15, 0.2) is 11.1 Å². The van der Waals surface area contributed by atoms with Crippen LogP contribution in [-0.4, -0.2) is 22.1 Å². The number of rotatable bonds is 3. The summed E-state index contributed by atoms with van der Waals surface area (Å²) in [6.07, 6.45) is 7.85. The van der Waals surface area contributed by atoms with Crippen LogP contribution in [0.3, 0.4) is 0 Å². The second-order valence-electron chi connectivity index (χ2n) is 4.92. The molecule has 0 bridgehead atoms. The van der Waals surface area contributed by atoms with Gasteiger partial charge in [-0.25, -0.2) is 4.98 Å². The number of nitrogens with zero attached hydrogens (tertiary/aromatic N) is 1. The van der Waals surface area contributed by atoms with Crippen LogP contribution in [0.2, 0.25) is 5.02 Å². The predicted octanol–water partition coefficient (Wildman–Crippen LogP) is 1.85. The molecule has 0 aromatic carbocycles. The van der Waals surface area contributed by atoms with Crippen LogP contribution in [0.4, 0.5) is 0 Å². The average molecular weight is 272 g/mol. The fourth-order valence-electron chi connectivity index (χ4n) is 2.26. The zero-order chi connectivity index (χ0) is 13.0. The van der Waals surface area contributed by atoms with Crippen molar-refractivity contribution in [3.8, 4) is 5.88 Å². The molecule has 1 aromatic rings. The Morgan fingerprint density at radius 3 is 2.72 bits per heavy atom. The first-order chi connectivity index (χ1) is 8.61. The van der Waals surface area contributed by atoms with E-state index < -0.39 is 5.56 Å². The van der Waals surface area contributed by atoms with Gasteiger partial charge in [0.2, 0.25) is 5.88 Å². The van der Waals surface area contributed by atoms with Crippen molar-refractivity contribution in [1.82, 2.24) is 9.97 Å². The molecule has 1 heterocycles. The summed E-state index contributed by atoms with van der Waals surface area (Å²) in [5, 5.41) is -0.0188. The summed E-state index contributed by atoms with van der Waals surface area (Å²) < 4.78 is 5.53. The number of hydrogen-bond donors (Lipinski definition) is 2. The normalized spacial score (nSPS) is 19.2. The molecule has 1 aliphatic rings. The van der Waals surface area contributed by atoms with Crippen molar-refractivity contribution in [2.45, 2.75) is 44.1 Å². The van der Waals surface area contributed by atoms with Crippen LogP contribution in [0.1, 0.15) is 38.5 Å². The van der Waals surface area contributed by atoms with Gasteiger partial charge in [-0.05, 0) is 12.8 Å². The van der Waals surface area contributed by atoms with Gasteiger partial charge in [0.1, 0.15) is 6.61 Å². The molecule has 3 N–H and O–H groups in total. The first kappa shape index (κ1) is 13.4. The van der Waals surface area contributed by atoms with Gasteiger partial charge in [-0.3, -0.25) is 4.79 Å². The first-order valence-electron chi connectivity index (χ1n) is 6.26. The Labute approximate surface area is 111 Å². The minimum Gasteiger partial charge on any atom is -0.474 e. The Bertz CT molecular complexity index is 453. The third kappa shape index (κ3) is 3.23. The van der Waals surface area contributed by atoms with E-state index >= 15 is 0 Å². The molecule has 0 aliphatic heterocycles. The Morgan fingerprint density at radius 2 is 2.06 bits per heavy atom. The van der Waals surface area contributed by atoms with Gasteiger partial charge in [0, 0.05) is 0 Å². The fourth-order valence-corrected chi connectivity index (χ4v) is 2.41. The van der Waals surface area contributed by atoms with Crippen LogP contribution in [-0.2, 0) is 0 Å². The van der Waals surface area contributed by atoms with Crippen LogP contribution < -0.4 is 16.0 Å². The summed E-state index contributed by atoms with van der Waals surface area (Å²) in [4.78, 5) is 17.6. The Kier molecular flexibility index (Phi) is 4.24. The van der Waals surface area contributed by atoms with Gasteiger partial charge in [0.15, 0.2) is 5.02 Å². The molecule has 0 unspecified atom stereocenters. The maximum atomic E-state index is 11.3. The van der Waals surface area contributed by atoms with E-state index in [0.29, 0.717) is 6.61 Å². The van der Waals surface area contributed by atoms with Crippen molar-refractivity contribution in [3.05, 3.63) is 21.7 Å². The van der Waals surface area contributed by atoms with Gasteiger partial charge in [0.05, 0.1) is 11.9 Å². The van der Waals surface area contributed by atoms with Gasteiger partial charge in [0.25, 0.3) is 5.56 Å². The fraction of sp³-hybridized carbons (Fsp3) is 0.667. The van der Waals surface area contributed by atoms with Gasteiger partial charge < -0.3 is 15.5 Å². The SMILES string of the molecule is NC1(COc2nc[nH]c(=O)c2Cl)CCCCCC1. The lowest BCUT2D eigenvalue weighted by Crippen LogP contribution is -2.45. The molecule has 1 aromatic heterocycles. The minimum absolute atomic E-state index is 0.0188. The highest BCUT2D eigenvalue weighted by Gasteiger charge is 2.27. The van der Waals surface area contributed by atoms with Crippen LogP contribution in [0.25, 0.3) is 0 Å². The monoisotopic (exact) mass is 271 g/mol. The van der Waals surface area contributed by atoms with E-state index in [2.05, 4.69) is 9.97 Å². The number of aromatic nitrogens is 2. The van der Waals surface area contributed by atoms with E-state index in [4.69, 9.17) is 22.1 Å². The average Bonchev–Trinajstić information content (AvgIpc) is 2.57. The lowest BCUT2D eigenvalue weighted by molar-refractivity contribution is 0.193. The molecule has 0 spiro atoms. The Hall–Kier alpha value is -1.07. The summed E-state index contributed by atoms with van der Waals surface area (Å²) >= 11 is 5.82. The number of nitrogens with one attached hydrogen (secondary N) is 1. The maximum absolute atomic E-state index is 11.3. The van der Waals surface area contributed by atoms with Crippen molar-refractivity contribution < 1.29 is 4.74 Å². The van der Waals surface area contributed by atoms with E-state index in [1.54, 1.807) is 0 Å². The van der Waals surface area contributed by atoms with E-state index in [1.165, 1.54) is 19.2 Å². The van der Waals surface area contributed by atoms with Gasteiger partial charge in [-0.15, -0.1) is 0 Å². The number of aromatic amines is 1. The molecule has 0 atom stereocenters. The smallest absolute Gasteiger partial charge is 0.273 e. The second kappa shape index (κ2) is 5.71. The molecule has 0 radical (unpaired) electrons. The highest BCUT2D eigenvalue weighted by molar-refractivity contribution is 6.31. The maximum Gasteiger partial charge on any atom is 0.273 e. The molecule has 2 rings (SSSR count). The van der Waals surface area contributed by atoms with Crippen molar-refractivity contribution in [3.63, 3.8) is 0 Å². The number of halogens is 1. The van der Waals surface area contributed by atoms with E-state index in [1.807, 2.05) is 0 Å². The molecular formula is C12H18ClN3O2. The molecule has 1 fully saturated rings. The predicted molar refractivity (Wildman–Crippen MR) is 70.0 cm³/mol. The number of H-pyrrole nitrogens is 1. The molecule has 5 nitrogen and oxygen atoms in total. The number of hydrogen-bond acceptors (Lipinski definition) is 4. The third-order valence-electron chi connectivity index (χ3n) is 3.36. The van der Waals surface area contributed by atoms with Crippen LogP contribution >= 0.6 is 11.6 Å². The number of nitrogens with two attached hydrogens (primary N) is 1. The molecule has 1 saturated carbocycles. The lowest BCUT2D eigenvalue weighted by atomic mass is 9.93. The summed E-state index contributed by atoms with van der Waals surface area (Å²) in [6, 6.07) is 0. The van der Waals surface area contributed by atoms with Gasteiger partial charge in [-0.1, -0.05) is 37.3 Å². The standard InChI is InChI=1S/C12H18ClN3O2/c13-9-10(17)15-8-16-11(9)18-7-12(14)5-3-1-2-4-6-12/h8H,1-7,14H2,(H,15,16,17). The zero-order valence-electron chi connectivity index (χ0n) is 10.2. The highest BCUT2D eigenvalue weighted by Crippen LogP contribution is 2.26. The van der Waals surface area contributed by atoms with E-state index in [9.17, 15) is 4.79 Å². The molecule has 1 aliphatic carbocycles. The van der Waals surface area contributed by atoms with E-state index in [-0.39, 0.29) is 16.4 Å². The second-order valence-corrected chi connectivity index (χ2v) is 5.29. The Morgan fingerprint density at radius 1 is 1.39 bits per heavy atom. The Balaban J connectivity index is 2.02. The van der Waals surface area contributed by atoms with Gasteiger partial charge >= 0.3 is 0 Å². The highest BCUT2D eigenvalue weighted by atomic mass is 35.5. The van der Waals surface area contributed by atoms with Crippen molar-refractivity contribution in [1.29, 1.82) is 0 Å². The lowest BCUT2D eigenvalue weighted by Gasteiger charge is -2.27. The molecule has 0 saturated heterocycles. The summed E-state index contributed by atoms with van der Waals surface area (Å²) in [5.74, 6) is 0.162. The summed E-state index contributed by atoms with van der Waals surface area (Å²) in [7, 11) is 0. The summed E-state index contributed by atoms with van der Waals surface area (Å²) in [6.45, 7) is 0.350. The molecular weight excluding hydrogens is 254 g/mol. The molecule has 0 amide bonds. The minimum atomic E-state index is -0.395.